The van der Waals surface area contributed by atoms with Crippen LogP contribution in [0.5, 0.6) is 0 Å². The summed E-state index contributed by atoms with van der Waals surface area (Å²) in [6, 6.07) is 10.6. The first-order valence-electron chi connectivity index (χ1n) is 6.43. The second-order valence-corrected chi connectivity index (χ2v) is 5.26. The first kappa shape index (κ1) is 11.2. The first-order valence-corrected chi connectivity index (χ1v) is 6.43. The molecule has 17 heavy (non-hydrogen) atoms. The van der Waals surface area contributed by atoms with Crippen LogP contribution in [0.4, 0.5) is 0 Å². The highest BCUT2D eigenvalue weighted by molar-refractivity contribution is 5.15. The minimum Gasteiger partial charge on any atom is -0.372 e. The van der Waals surface area contributed by atoms with Gasteiger partial charge in [-0.05, 0) is 12.0 Å². The van der Waals surface area contributed by atoms with Crippen molar-refractivity contribution in [2.24, 2.45) is 11.7 Å². The van der Waals surface area contributed by atoms with Crippen molar-refractivity contribution in [3.05, 3.63) is 35.9 Å². The fraction of sp³-hybridized carbons (Fsp3) is 0.571. The molecule has 0 aliphatic carbocycles. The second kappa shape index (κ2) is 4.41. The molecule has 1 aromatic carbocycles. The Bertz CT molecular complexity index is 381. The number of likely N-dealkylation sites (tertiary alicyclic amines) is 1. The van der Waals surface area contributed by atoms with Gasteiger partial charge in [0.05, 0.1) is 5.60 Å². The molecule has 3 heteroatoms. The third-order valence-corrected chi connectivity index (χ3v) is 4.16. The van der Waals surface area contributed by atoms with E-state index in [1.165, 1.54) is 12.0 Å². The summed E-state index contributed by atoms with van der Waals surface area (Å²) in [6.07, 6.45) is 1.17. The highest BCUT2D eigenvalue weighted by atomic mass is 16.5. The maximum absolute atomic E-state index is 5.91. The van der Waals surface area contributed by atoms with Gasteiger partial charge in [-0.3, -0.25) is 4.90 Å². The molecule has 3 rings (SSSR count). The zero-order chi connectivity index (χ0) is 11.7. The lowest BCUT2D eigenvalue weighted by Gasteiger charge is -2.26. The minimum atomic E-state index is -0.0468. The van der Waals surface area contributed by atoms with E-state index in [0.717, 1.165) is 26.2 Å². The van der Waals surface area contributed by atoms with Gasteiger partial charge in [-0.1, -0.05) is 30.3 Å². The summed E-state index contributed by atoms with van der Waals surface area (Å²) >= 11 is 0. The van der Waals surface area contributed by atoms with Crippen LogP contribution in [0.25, 0.3) is 0 Å². The molecule has 2 saturated heterocycles. The Morgan fingerprint density at radius 1 is 1.35 bits per heavy atom. The molecule has 0 bridgehead atoms. The number of fused-ring (bicyclic) bond motifs is 1. The Morgan fingerprint density at radius 3 is 2.88 bits per heavy atom. The number of ether oxygens (including phenoxy) is 1. The Morgan fingerprint density at radius 2 is 2.18 bits per heavy atom. The summed E-state index contributed by atoms with van der Waals surface area (Å²) in [5.41, 5.74) is 7.24. The average Bonchev–Trinajstić information content (AvgIpc) is 2.87. The number of rotatable bonds is 3. The van der Waals surface area contributed by atoms with Crippen LogP contribution in [0.3, 0.4) is 0 Å². The van der Waals surface area contributed by atoms with Crippen molar-refractivity contribution >= 4 is 0 Å². The molecule has 2 fully saturated rings. The molecule has 0 aromatic heterocycles. The van der Waals surface area contributed by atoms with Crippen molar-refractivity contribution in [1.29, 1.82) is 0 Å². The largest absolute Gasteiger partial charge is 0.372 e. The molecule has 0 radical (unpaired) electrons. The van der Waals surface area contributed by atoms with Gasteiger partial charge >= 0.3 is 0 Å². The molecule has 1 aromatic rings. The lowest BCUT2D eigenvalue weighted by Crippen LogP contribution is -2.44. The number of hydrogen-bond donors (Lipinski definition) is 1. The summed E-state index contributed by atoms with van der Waals surface area (Å²) in [6.45, 7) is 4.68. The van der Waals surface area contributed by atoms with E-state index in [4.69, 9.17) is 10.5 Å². The summed E-state index contributed by atoms with van der Waals surface area (Å²) in [4.78, 5) is 2.48. The molecule has 2 unspecified atom stereocenters. The van der Waals surface area contributed by atoms with Crippen molar-refractivity contribution in [2.75, 3.05) is 26.2 Å². The highest BCUT2D eigenvalue weighted by Gasteiger charge is 2.49. The fourth-order valence-electron chi connectivity index (χ4n) is 3.22. The van der Waals surface area contributed by atoms with E-state index in [9.17, 15) is 0 Å². The predicted molar refractivity (Wildman–Crippen MR) is 67.6 cm³/mol. The Balaban J connectivity index is 1.68. The van der Waals surface area contributed by atoms with Crippen LogP contribution in [0, 0.1) is 5.92 Å². The molecule has 2 N–H and O–H groups in total. The van der Waals surface area contributed by atoms with E-state index < -0.39 is 0 Å². The molecule has 0 amide bonds. The molecular weight excluding hydrogens is 212 g/mol. The Labute approximate surface area is 103 Å². The van der Waals surface area contributed by atoms with Crippen LogP contribution < -0.4 is 5.73 Å². The van der Waals surface area contributed by atoms with Crippen LogP contribution in [-0.4, -0.2) is 36.7 Å². The van der Waals surface area contributed by atoms with Crippen LogP contribution >= 0.6 is 0 Å². The monoisotopic (exact) mass is 232 g/mol. The van der Waals surface area contributed by atoms with Gasteiger partial charge < -0.3 is 10.5 Å². The summed E-state index contributed by atoms with van der Waals surface area (Å²) < 4.78 is 5.91. The van der Waals surface area contributed by atoms with Crippen molar-refractivity contribution < 1.29 is 4.74 Å². The number of nitrogens with two attached hydrogens (primary N) is 1. The Kier molecular flexibility index (Phi) is 2.90. The topological polar surface area (TPSA) is 38.5 Å². The minimum absolute atomic E-state index is 0.0468. The van der Waals surface area contributed by atoms with Gasteiger partial charge in [-0.15, -0.1) is 0 Å². The molecule has 92 valence electrons. The standard InChI is InChI=1S/C14H20N2O/c15-10-14-11-16(9-13(14)6-7-17-14)8-12-4-2-1-3-5-12/h1-5,13H,6-11,15H2. The van der Waals surface area contributed by atoms with Gasteiger partial charge in [0.25, 0.3) is 0 Å². The number of nitrogens with zero attached hydrogens (tertiary/aromatic N) is 1. The van der Waals surface area contributed by atoms with Gasteiger partial charge in [-0.2, -0.15) is 0 Å². The molecule has 0 saturated carbocycles. The van der Waals surface area contributed by atoms with E-state index >= 15 is 0 Å². The zero-order valence-corrected chi connectivity index (χ0v) is 10.1. The number of hydrogen-bond acceptors (Lipinski definition) is 3. The van der Waals surface area contributed by atoms with E-state index in [1.54, 1.807) is 0 Å². The summed E-state index contributed by atoms with van der Waals surface area (Å²) in [7, 11) is 0. The molecule has 2 aliphatic heterocycles. The lowest BCUT2D eigenvalue weighted by molar-refractivity contribution is 0.00159. The smallest absolute Gasteiger partial charge is 0.0971 e. The maximum atomic E-state index is 5.91. The zero-order valence-electron chi connectivity index (χ0n) is 10.1. The van der Waals surface area contributed by atoms with Gasteiger partial charge in [0.15, 0.2) is 0 Å². The van der Waals surface area contributed by atoms with E-state index in [1.807, 2.05) is 0 Å². The lowest BCUT2D eigenvalue weighted by atomic mass is 9.91. The molecular formula is C14H20N2O. The van der Waals surface area contributed by atoms with Gasteiger partial charge in [0.2, 0.25) is 0 Å². The average molecular weight is 232 g/mol. The SMILES string of the molecule is NCC12CN(Cc3ccccc3)CC1CCO2. The highest BCUT2D eigenvalue weighted by Crippen LogP contribution is 2.38. The van der Waals surface area contributed by atoms with Crippen LogP contribution in [0.2, 0.25) is 0 Å². The first-order chi connectivity index (χ1) is 8.32. The van der Waals surface area contributed by atoms with Crippen molar-refractivity contribution in [2.45, 2.75) is 18.6 Å². The van der Waals surface area contributed by atoms with Crippen LogP contribution in [0.15, 0.2) is 30.3 Å². The third-order valence-electron chi connectivity index (χ3n) is 4.16. The van der Waals surface area contributed by atoms with Gasteiger partial charge in [-0.25, -0.2) is 0 Å². The predicted octanol–water partition coefficient (Wildman–Crippen LogP) is 1.24. The van der Waals surface area contributed by atoms with E-state index in [0.29, 0.717) is 12.5 Å². The van der Waals surface area contributed by atoms with Crippen molar-refractivity contribution in [3.8, 4) is 0 Å². The van der Waals surface area contributed by atoms with E-state index in [-0.39, 0.29) is 5.60 Å². The normalized spacial score (nSPS) is 32.9. The molecule has 0 spiro atoms. The van der Waals surface area contributed by atoms with Gasteiger partial charge in [0, 0.05) is 38.7 Å². The quantitative estimate of drug-likeness (QED) is 0.852. The van der Waals surface area contributed by atoms with Crippen molar-refractivity contribution in [1.82, 2.24) is 4.90 Å². The fourth-order valence-corrected chi connectivity index (χ4v) is 3.22. The summed E-state index contributed by atoms with van der Waals surface area (Å²) in [5, 5.41) is 0. The van der Waals surface area contributed by atoms with Crippen LogP contribution in [0.1, 0.15) is 12.0 Å². The van der Waals surface area contributed by atoms with Gasteiger partial charge in [0.1, 0.15) is 0 Å². The van der Waals surface area contributed by atoms with Crippen molar-refractivity contribution in [3.63, 3.8) is 0 Å². The summed E-state index contributed by atoms with van der Waals surface area (Å²) in [5.74, 6) is 0.635. The molecule has 2 aliphatic rings. The maximum Gasteiger partial charge on any atom is 0.0971 e. The third kappa shape index (κ3) is 1.99. The molecule has 2 atom stereocenters. The van der Waals surface area contributed by atoms with E-state index in [2.05, 4.69) is 35.2 Å². The Hall–Kier alpha value is -0.900. The van der Waals surface area contributed by atoms with Crippen LogP contribution in [-0.2, 0) is 11.3 Å². The molecule has 3 nitrogen and oxygen atoms in total. The second-order valence-electron chi connectivity index (χ2n) is 5.26. The molecule has 2 heterocycles. The number of benzene rings is 1.